The largest absolute Gasteiger partial charge is 0.461 e. The van der Waals surface area contributed by atoms with Crippen LogP contribution in [0.4, 0.5) is 5.69 Å². The van der Waals surface area contributed by atoms with Gasteiger partial charge in [0.2, 0.25) is 0 Å². The predicted octanol–water partition coefficient (Wildman–Crippen LogP) is 6.86. The van der Waals surface area contributed by atoms with Gasteiger partial charge in [0.05, 0.1) is 0 Å². The van der Waals surface area contributed by atoms with Crippen LogP contribution in [0.5, 0.6) is 0 Å². The number of anilines is 1. The number of carbonyl (C=O) groups excluding carboxylic acids is 2. The van der Waals surface area contributed by atoms with Gasteiger partial charge in [-0.3, -0.25) is 9.59 Å². The maximum atomic E-state index is 13.3. The van der Waals surface area contributed by atoms with Crippen molar-refractivity contribution in [3.63, 3.8) is 0 Å². The minimum absolute atomic E-state index is 0.0278. The molecule has 0 fully saturated rings. The van der Waals surface area contributed by atoms with Crippen molar-refractivity contribution in [2.24, 2.45) is 0 Å². The highest BCUT2D eigenvalue weighted by Crippen LogP contribution is 2.31. The van der Waals surface area contributed by atoms with Crippen LogP contribution in [0.15, 0.2) is 101 Å². The second-order valence-electron chi connectivity index (χ2n) is 9.45. The van der Waals surface area contributed by atoms with Crippen molar-refractivity contribution < 1.29 is 14.0 Å². The smallest absolute Gasteiger partial charge is 0.255 e. The van der Waals surface area contributed by atoms with E-state index in [4.69, 9.17) is 4.42 Å². The Hall–Kier alpha value is -4.64. The Morgan fingerprint density at radius 3 is 2.51 bits per heavy atom. The zero-order valence-corrected chi connectivity index (χ0v) is 20.5. The first-order chi connectivity index (χ1) is 18.0. The summed E-state index contributed by atoms with van der Waals surface area (Å²) in [7, 11) is 0. The summed E-state index contributed by atoms with van der Waals surface area (Å²) in [6.45, 7) is 3.04. The van der Waals surface area contributed by atoms with Crippen molar-refractivity contribution in [3.8, 4) is 11.3 Å². The summed E-state index contributed by atoms with van der Waals surface area (Å²) in [4.78, 5) is 27.9. The lowest BCUT2D eigenvalue weighted by atomic mass is 10.0. The van der Waals surface area contributed by atoms with Gasteiger partial charge in [-0.05, 0) is 59.7 Å². The normalized spacial score (nSPS) is 12.8. The molecule has 4 aromatic carbocycles. The molecule has 1 aromatic heterocycles. The SMILES string of the molecule is Cc1ccccc1C(=O)Nc1cccc(-c2cc3c(o2)CCN(C(=O)c2ccc4ccccc4c2)C3)c1. The number of fused-ring (bicyclic) bond motifs is 2. The highest BCUT2D eigenvalue weighted by molar-refractivity contribution is 6.05. The van der Waals surface area contributed by atoms with E-state index >= 15 is 0 Å². The lowest BCUT2D eigenvalue weighted by molar-refractivity contribution is 0.0730. The minimum atomic E-state index is -0.142. The fraction of sp³-hybridized carbons (Fsp3) is 0.125. The third-order valence-electron chi connectivity index (χ3n) is 6.94. The predicted molar refractivity (Wildman–Crippen MR) is 146 cm³/mol. The Morgan fingerprint density at radius 1 is 0.838 bits per heavy atom. The van der Waals surface area contributed by atoms with Crippen molar-refractivity contribution in [1.29, 1.82) is 0 Å². The molecular weight excluding hydrogens is 460 g/mol. The fourth-order valence-electron chi connectivity index (χ4n) is 4.93. The Kier molecular flexibility index (Phi) is 5.81. The second-order valence-corrected chi connectivity index (χ2v) is 9.45. The molecule has 2 heterocycles. The quantitative estimate of drug-likeness (QED) is 0.302. The molecule has 1 N–H and O–H groups in total. The molecule has 1 aliphatic heterocycles. The number of furan rings is 1. The van der Waals surface area contributed by atoms with E-state index in [9.17, 15) is 9.59 Å². The Labute approximate surface area is 215 Å². The van der Waals surface area contributed by atoms with Crippen molar-refractivity contribution in [1.82, 2.24) is 4.90 Å². The molecule has 37 heavy (non-hydrogen) atoms. The molecule has 182 valence electrons. The van der Waals surface area contributed by atoms with E-state index in [0.29, 0.717) is 36.3 Å². The number of hydrogen-bond acceptors (Lipinski definition) is 3. The first-order valence-electron chi connectivity index (χ1n) is 12.4. The molecule has 0 unspecified atom stereocenters. The van der Waals surface area contributed by atoms with E-state index in [-0.39, 0.29) is 11.8 Å². The third-order valence-corrected chi connectivity index (χ3v) is 6.94. The Morgan fingerprint density at radius 2 is 1.65 bits per heavy atom. The number of carbonyl (C=O) groups is 2. The van der Waals surface area contributed by atoms with E-state index in [1.165, 1.54) is 0 Å². The Balaban J connectivity index is 1.20. The van der Waals surface area contributed by atoms with Gasteiger partial charge in [-0.15, -0.1) is 0 Å². The molecular formula is C32H26N2O3. The van der Waals surface area contributed by atoms with Crippen LogP contribution in [-0.2, 0) is 13.0 Å². The summed E-state index contributed by atoms with van der Waals surface area (Å²) in [5.41, 5.74) is 4.88. The zero-order chi connectivity index (χ0) is 25.4. The number of benzene rings is 4. The van der Waals surface area contributed by atoms with Gasteiger partial charge >= 0.3 is 0 Å². The highest BCUT2D eigenvalue weighted by Gasteiger charge is 2.25. The van der Waals surface area contributed by atoms with Crippen molar-refractivity contribution in [2.75, 3.05) is 11.9 Å². The van der Waals surface area contributed by atoms with E-state index in [0.717, 1.165) is 39.0 Å². The van der Waals surface area contributed by atoms with E-state index in [1.807, 2.05) is 109 Å². The standard InChI is InChI=1S/C32H26N2O3/c1-21-7-2-5-12-28(21)31(35)33-27-11-6-10-24(18-27)30-19-26-20-34(16-15-29(26)37-30)32(36)25-14-13-22-8-3-4-9-23(22)17-25/h2-14,17-19H,15-16,20H2,1H3,(H,33,35). The average Bonchev–Trinajstić information content (AvgIpc) is 3.36. The number of aryl methyl sites for hydroxylation is 1. The summed E-state index contributed by atoms with van der Waals surface area (Å²) in [6.07, 6.45) is 0.665. The van der Waals surface area contributed by atoms with Gasteiger partial charge in [-0.2, -0.15) is 0 Å². The van der Waals surface area contributed by atoms with Gasteiger partial charge in [0.15, 0.2) is 0 Å². The van der Waals surface area contributed by atoms with Crippen molar-refractivity contribution in [2.45, 2.75) is 19.9 Å². The van der Waals surface area contributed by atoms with Crippen LogP contribution >= 0.6 is 0 Å². The zero-order valence-electron chi connectivity index (χ0n) is 20.5. The molecule has 0 radical (unpaired) electrons. The summed E-state index contributed by atoms with van der Waals surface area (Å²) >= 11 is 0. The van der Waals surface area contributed by atoms with Gasteiger partial charge in [-0.25, -0.2) is 0 Å². The maximum absolute atomic E-state index is 13.3. The van der Waals surface area contributed by atoms with E-state index in [1.54, 1.807) is 0 Å². The summed E-state index contributed by atoms with van der Waals surface area (Å²) in [6, 6.07) is 31.1. The number of hydrogen-bond donors (Lipinski definition) is 1. The van der Waals surface area contributed by atoms with E-state index < -0.39 is 0 Å². The summed E-state index contributed by atoms with van der Waals surface area (Å²) < 4.78 is 6.20. The Bertz CT molecular complexity index is 1650. The molecule has 0 bridgehead atoms. The van der Waals surface area contributed by atoms with Crippen LogP contribution in [0.1, 0.15) is 37.6 Å². The van der Waals surface area contributed by atoms with Crippen LogP contribution in [0.2, 0.25) is 0 Å². The minimum Gasteiger partial charge on any atom is -0.461 e. The van der Waals surface area contributed by atoms with Gasteiger partial charge < -0.3 is 14.6 Å². The summed E-state index contributed by atoms with van der Waals surface area (Å²) in [5.74, 6) is 1.53. The first kappa shape index (κ1) is 22.8. The van der Waals surface area contributed by atoms with Crippen LogP contribution in [-0.4, -0.2) is 23.3 Å². The lowest BCUT2D eigenvalue weighted by Crippen LogP contribution is -2.35. The first-order valence-corrected chi connectivity index (χ1v) is 12.4. The molecule has 0 spiro atoms. The van der Waals surface area contributed by atoms with Gasteiger partial charge in [-0.1, -0.05) is 60.7 Å². The van der Waals surface area contributed by atoms with Crippen molar-refractivity contribution >= 4 is 28.3 Å². The van der Waals surface area contributed by atoms with Crippen LogP contribution in [0.25, 0.3) is 22.1 Å². The van der Waals surface area contributed by atoms with Gasteiger partial charge in [0, 0.05) is 47.5 Å². The molecule has 5 aromatic rings. The molecule has 6 rings (SSSR count). The highest BCUT2D eigenvalue weighted by atomic mass is 16.3. The van der Waals surface area contributed by atoms with Gasteiger partial charge in [0.25, 0.3) is 11.8 Å². The van der Waals surface area contributed by atoms with E-state index in [2.05, 4.69) is 5.32 Å². The van der Waals surface area contributed by atoms with Crippen LogP contribution in [0, 0.1) is 6.92 Å². The third kappa shape index (κ3) is 4.52. The molecule has 0 saturated carbocycles. The fourth-order valence-corrected chi connectivity index (χ4v) is 4.93. The molecule has 5 heteroatoms. The molecule has 0 atom stereocenters. The molecule has 0 aliphatic carbocycles. The number of amides is 2. The number of nitrogens with zero attached hydrogens (tertiary/aromatic N) is 1. The average molecular weight is 487 g/mol. The lowest BCUT2D eigenvalue weighted by Gasteiger charge is -2.26. The van der Waals surface area contributed by atoms with Crippen LogP contribution in [0.3, 0.4) is 0 Å². The summed E-state index contributed by atoms with van der Waals surface area (Å²) in [5, 5.41) is 5.17. The monoisotopic (exact) mass is 486 g/mol. The topological polar surface area (TPSA) is 62.6 Å². The molecule has 1 aliphatic rings. The maximum Gasteiger partial charge on any atom is 0.255 e. The van der Waals surface area contributed by atoms with Crippen LogP contribution < -0.4 is 5.32 Å². The molecule has 0 saturated heterocycles. The second kappa shape index (κ2) is 9.43. The van der Waals surface area contributed by atoms with Crippen molar-refractivity contribution in [3.05, 3.63) is 125 Å². The molecule has 5 nitrogen and oxygen atoms in total. The van der Waals surface area contributed by atoms with Gasteiger partial charge in [0.1, 0.15) is 11.5 Å². The number of rotatable bonds is 4. The number of nitrogens with one attached hydrogen (secondary N) is 1. The molecule has 2 amide bonds.